The Hall–Kier alpha value is -2.73. The van der Waals surface area contributed by atoms with Crippen molar-refractivity contribution in [2.24, 2.45) is 23.3 Å². The average Bonchev–Trinajstić information content (AvgIpc) is 2.66. The molecule has 0 saturated carbocycles. The number of rotatable bonds is 12. The van der Waals surface area contributed by atoms with Crippen LogP contribution in [0.2, 0.25) is 0 Å². The van der Waals surface area contributed by atoms with Crippen molar-refractivity contribution in [1.29, 1.82) is 0 Å². The molecular weight excluding hydrogens is 410 g/mol. The van der Waals surface area contributed by atoms with E-state index in [4.69, 9.17) is 16.2 Å². The molecule has 0 aromatic carbocycles. The lowest BCUT2D eigenvalue weighted by Crippen LogP contribution is -2.60. The molecular formula is C19H35N5O7. The van der Waals surface area contributed by atoms with Gasteiger partial charge in [-0.1, -0.05) is 27.7 Å². The van der Waals surface area contributed by atoms with E-state index in [0.29, 0.717) is 0 Å². The summed E-state index contributed by atoms with van der Waals surface area (Å²) in [5, 5.41) is 16.7. The fourth-order valence-electron chi connectivity index (χ4n) is 2.55. The second-order valence-electron chi connectivity index (χ2n) is 7.98. The minimum absolute atomic E-state index is 0.274. The molecule has 0 radical (unpaired) electrons. The normalized spacial score (nSPS) is 15.9. The fraction of sp³-hybridized carbons (Fsp3) is 0.737. The van der Waals surface area contributed by atoms with Crippen LogP contribution in [0.4, 0.5) is 0 Å². The highest BCUT2D eigenvalue weighted by atomic mass is 16.5. The standard InChI is InChI=1S/C19H35N5O7/c1-8(2)14(18(29)24-15(9(3)4)19(30)31-6)23-16(27)11(7-12(20)26)22-17(28)13(21)10(5)25/h8-11,13-15,25H,7,21H2,1-6H3,(H2,20,26)(H,22,28)(H,23,27)(H,24,29)/t10-,11-,13-,14+,15+/m0/s1. The first-order chi connectivity index (χ1) is 14.2. The molecule has 0 saturated heterocycles. The topological polar surface area (TPSA) is 203 Å². The number of carbonyl (C=O) groups is 5. The Bertz CT molecular complexity index is 666. The van der Waals surface area contributed by atoms with Crippen LogP contribution in [-0.4, -0.2) is 72.1 Å². The Morgan fingerprint density at radius 2 is 1.32 bits per heavy atom. The van der Waals surface area contributed by atoms with Gasteiger partial charge in [-0.3, -0.25) is 19.2 Å². The Labute approximate surface area is 181 Å². The van der Waals surface area contributed by atoms with Gasteiger partial charge in [0.25, 0.3) is 0 Å². The zero-order valence-electron chi connectivity index (χ0n) is 18.8. The molecule has 0 fully saturated rings. The first kappa shape index (κ1) is 28.3. The number of amides is 4. The summed E-state index contributed by atoms with van der Waals surface area (Å²) in [4.78, 5) is 60.9. The minimum atomic E-state index is -1.41. The lowest BCUT2D eigenvalue weighted by atomic mass is 9.99. The van der Waals surface area contributed by atoms with E-state index < -0.39 is 72.2 Å². The van der Waals surface area contributed by atoms with Crippen LogP contribution in [0.25, 0.3) is 0 Å². The van der Waals surface area contributed by atoms with Gasteiger partial charge in [0, 0.05) is 0 Å². The van der Waals surface area contributed by atoms with Crippen molar-refractivity contribution in [2.75, 3.05) is 7.11 Å². The van der Waals surface area contributed by atoms with Gasteiger partial charge in [-0.25, -0.2) is 4.79 Å². The van der Waals surface area contributed by atoms with Crippen LogP contribution >= 0.6 is 0 Å². The van der Waals surface area contributed by atoms with E-state index in [1.165, 1.54) is 14.0 Å². The number of carbonyl (C=O) groups excluding carboxylic acids is 5. The molecule has 4 amide bonds. The van der Waals surface area contributed by atoms with E-state index in [1.807, 2.05) is 0 Å². The molecule has 0 heterocycles. The van der Waals surface area contributed by atoms with Crippen molar-refractivity contribution in [3.8, 4) is 0 Å². The average molecular weight is 446 g/mol. The van der Waals surface area contributed by atoms with Gasteiger partial charge >= 0.3 is 5.97 Å². The van der Waals surface area contributed by atoms with Crippen LogP contribution in [0.3, 0.4) is 0 Å². The third-order valence-electron chi connectivity index (χ3n) is 4.53. The van der Waals surface area contributed by atoms with E-state index in [2.05, 4.69) is 16.0 Å². The van der Waals surface area contributed by atoms with Crippen LogP contribution in [0.1, 0.15) is 41.0 Å². The van der Waals surface area contributed by atoms with Crippen LogP contribution in [0, 0.1) is 11.8 Å². The van der Waals surface area contributed by atoms with Crippen molar-refractivity contribution in [2.45, 2.75) is 71.3 Å². The zero-order valence-corrected chi connectivity index (χ0v) is 18.8. The van der Waals surface area contributed by atoms with Crippen LogP contribution < -0.4 is 27.4 Å². The second kappa shape index (κ2) is 12.8. The van der Waals surface area contributed by atoms with Crippen LogP contribution in [0.5, 0.6) is 0 Å². The third kappa shape index (κ3) is 9.30. The predicted molar refractivity (Wildman–Crippen MR) is 111 cm³/mol. The molecule has 0 rings (SSSR count). The maximum absolute atomic E-state index is 12.8. The molecule has 0 aliphatic heterocycles. The maximum Gasteiger partial charge on any atom is 0.328 e. The molecule has 0 unspecified atom stereocenters. The summed E-state index contributed by atoms with van der Waals surface area (Å²) in [5.41, 5.74) is 10.7. The number of nitrogens with one attached hydrogen (secondary N) is 3. The molecule has 12 heteroatoms. The van der Waals surface area contributed by atoms with Crippen molar-refractivity contribution in [3.05, 3.63) is 0 Å². The highest BCUT2D eigenvalue weighted by Gasteiger charge is 2.34. The number of hydrogen-bond acceptors (Lipinski definition) is 8. The number of aliphatic hydroxyl groups excluding tert-OH is 1. The molecule has 0 aliphatic carbocycles. The molecule has 8 N–H and O–H groups in total. The summed E-state index contributed by atoms with van der Waals surface area (Å²) in [6, 6.07) is -4.76. The van der Waals surface area contributed by atoms with E-state index in [-0.39, 0.29) is 5.92 Å². The highest BCUT2D eigenvalue weighted by molar-refractivity contribution is 5.96. The molecule has 31 heavy (non-hydrogen) atoms. The summed E-state index contributed by atoms with van der Waals surface area (Å²) in [6.45, 7) is 8.05. The summed E-state index contributed by atoms with van der Waals surface area (Å²) in [6.07, 6.45) is -1.74. The zero-order chi connectivity index (χ0) is 24.5. The lowest BCUT2D eigenvalue weighted by molar-refractivity contribution is -0.147. The summed E-state index contributed by atoms with van der Waals surface area (Å²) in [5.74, 6) is -4.55. The molecule has 0 aliphatic rings. The number of esters is 1. The Kier molecular flexibility index (Phi) is 11.7. The Morgan fingerprint density at radius 1 is 0.839 bits per heavy atom. The molecule has 0 aromatic rings. The monoisotopic (exact) mass is 445 g/mol. The van der Waals surface area contributed by atoms with Gasteiger partial charge in [0.1, 0.15) is 24.2 Å². The SMILES string of the molecule is COC(=O)[C@H](NC(=O)[C@H](NC(=O)[C@H](CC(N)=O)NC(=O)[C@@H](N)[C@H](C)O)C(C)C)C(C)C. The van der Waals surface area contributed by atoms with Crippen molar-refractivity contribution >= 4 is 29.6 Å². The molecule has 0 aromatic heterocycles. The fourth-order valence-corrected chi connectivity index (χ4v) is 2.55. The lowest BCUT2D eigenvalue weighted by Gasteiger charge is -2.28. The smallest absolute Gasteiger partial charge is 0.328 e. The first-order valence-electron chi connectivity index (χ1n) is 9.93. The maximum atomic E-state index is 12.8. The number of nitrogens with two attached hydrogens (primary N) is 2. The summed E-state index contributed by atoms with van der Waals surface area (Å²) < 4.78 is 4.69. The molecule has 12 nitrogen and oxygen atoms in total. The predicted octanol–water partition coefficient (Wildman–Crippen LogP) is -2.49. The van der Waals surface area contributed by atoms with Gasteiger partial charge in [0.2, 0.25) is 23.6 Å². The summed E-state index contributed by atoms with van der Waals surface area (Å²) >= 11 is 0. The summed E-state index contributed by atoms with van der Waals surface area (Å²) in [7, 11) is 1.20. The van der Waals surface area contributed by atoms with Crippen molar-refractivity contribution < 1.29 is 33.8 Å². The van der Waals surface area contributed by atoms with Crippen LogP contribution in [-0.2, 0) is 28.7 Å². The molecule has 5 atom stereocenters. The number of ether oxygens (including phenoxy) is 1. The quantitative estimate of drug-likeness (QED) is 0.177. The molecule has 0 spiro atoms. The van der Waals surface area contributed by atoms with Crippen LogP contribution in [0.15, 0.2) is 0 Å². The van der Waals surface area contributed by atoms with Gasteiger partial charge in [0.15, 0.2) is 0 Å². The minimum Gasteiger partial charge on any atom is -0.467 e. The van der Waals surface area contributed by atoms with Gasteiger partial charge in [-0.2, -0.15) is 0 Å². The Morgan fingerprint density at radius 3 is 1.71 bits per heavy atom. The number of methoxy groups -OCH3 is 1. The van der Waals surface area contributed by atoms with Gasteiger partial charge in [0.05, 0.1) is 19.6 Å². The number of hydrogen-bond donors (Lipinski definition) is 6. The van der Waals surface area contributed by atoms with Crippen molar-refractivity contribution in [1.82, 2.24) is 16.0 Å². The third-order valence-corrected chi connectivity index (χ3v) is 4.53. The Balaban J connectivity index is 5.50. The van der Waals surface area contributed by atoms with E-state index in [1.54, 1.807) is 27.7 Å². The second-order valence-corrected chi connectivity index (χ2v) is 7.98. The highest BCUT2D eigenvalue weighted by Crippen LogP contribution is 2.08. The van der Waals surface area contributed by atoms with E-state index in [9.17, 15) is 29.1 Å². The van der Waals surface area contributed by atoms with E-state index >= 15 is 0 Å². The van der Waals surface area contributed by atoms with Crippen molar-refractivity contribution in [3.63, 3.8) is 0 Å². The largest absolute Gasteiger partial charge is 0.467 e. The molecule has 178 valence electrons. The van der Waals surface area contributed by atoms with Gasteiger partial charge in [-0.15, -0.1) is 0 Å². The van der Waals surface area contributed by atoms with E-state index in [0.717, 1.165) is 0 Å². The van der Waals surface area contributed by atoms with Gasteiger partial charge < -0.3 is 37.3 Å². The van der Waals surface area contributed by atoms with Gasteiger partial charge in [-0.05, 0) is 18.8 Å². The first-order valence-corrected chi connectivity index (χ1v) is 9.93. The number of aliphatic hydroxyl groups is 1. The molecule has 0 bridgehead atoms. The number of primary amides is 1.